The summed E-state index contributed by atoms with van der Waals surface area (Å²) in [6, 6.07) is 10.5. The fourth-order valence-corrected chi connectivity index (χ4v) is 2.81. The van der Waals surface area contributed by atoms with Crippen molar-refractivity contribution in [1.29, 1.82) is 0 Å². The van der Waals surface area contributed by atoms with Gasteiger partial charge in [-0.3, -0.25) is 0 Å². The molecule has 0 aliphatic carbocycles. The van der Waals surface area contributed by atoms with E-state index in [-0.39, 0.29) is 0 Å². The molecule has 1 aromatic carbocycles. The molecule has 4 N–H and O–H groups in total. The zero-order chi connectivity index (χ0) is 13.3. The van der Waals surface area contributed by atoms with E-state index in [1.807, 2.05) is 6.07 Å². The summed E-state index contributed by atoms with van der Waals surface area (Å²) in [5.74, 6) is 0.520. The molecule has 0 bridgehead atoms. The molecule has 0 aliphatic rings. The van der Waals surface area contributed by atoms with Crippen molar-refractivity contribution < 1.29 is 0 Å². The van der Waals surface area contributed by atoms with Crippen LogP contribution in [-0.4, -0.2) is 0 Å². The molecule has 0 atom stereocenters. The highest BCUT2D eigenvalue weighted by Gasteiger charge is 2.10. The van der Waals surface area contributed by atoms with Gasteiger partial charge in [-0.25, -0.2) is 0 Å². The van der Waals surface area contributed by atoms with Gasteiger partial charge in [-0.15, -0.1) is 11.3 Å². The Balaban J connectivity index is 2.45. The number of benzene rings is 1. The fraction of sp³-hybridized carbons (Fsp3) is 0.200. The Labute approximate surface area is 112 Å². The Morgan fingerprint density at radius 3 is 2.56 bits per heavy atom. The summed E-state index contributed by atoms with van der Waals surface area (Å²) in [4.78, 5) is 1.14. The normalized spacial score (nSPS) is 10.8. The van der Waals surface area contributed by atoms with Crippen molar-refractivity contribution in [2.45, 2.75) is 19.8 Å². The van der Waals surface area contributed by atoms with E-state index >= 15 is 0 Å². The first kappa shape index (κ1) is 12.7. The number of anilines is 1. The molecule has 0 amide bonds. The summed E-state index contributed by atoms with van der Waals surface area (Å²) in [5.41, 5.74) is 15.6. The van der Waals surface area contributed by atoms with Crippen LogP contribution in [0, 0.1) is 0 Å². The van der Waals surface area contributed by atoms with E-state index in [9.17, 15) is 0 Å². The summed E-state index contributed by atoms with van der Waals surface area (Å²) in [5, 5.41) is 0.729. The van der Waals surface area contributed by atoms with Crippen molar-refractivity contribution in [3.63, 3.8) is 0 Å². The van der Waals surface area contributed by atoms with Gasteiger partial charge < -0.3 is 11.5 Å². The second-order valence-electron chi connectivity index (χ2n) is 4.69. The molecule has 0 fully saturated rings. The van der Waals surface area contributed by atoms with Gasteiger partial charge in [0.05, 0.1) is 5.00 Å². The molecule has 0 saturated carbocycles. The molecule has 3 heteroatoms. The van der Waals surface area contributed by atoms with Crippen LogP contribution in [0.4, 0.5) is 5.00 Å². The van der Waals surface area contributed by atoms with Crippen molar-refractivity contribution in [2.75, 3.05) is 5.73 Å². The van der Waals surface area contributed by atoms with Crippen LogP contribution in [-0.2, 0) is 0 Å². The average Bonchev–Trinajstić information content (AvgIpc) is 2.71. The maximum atomic E-state index is 5.96. The second kappa shape index (κ2) is 4.86. The van der Waals surface area contributed by atoms with E-state index < -0.39 is 0 Å². The highest BCUT2D eigenvalue weighted by molar-refractivity contribution is 7.19. The number of rotatable bonds is 3. The Morgan fingerprint density at radius 1 is 1.28 bits per heavy atom. The first-order valence-electron chi connectivity index (χ1n) is 5.93. The minimum Gasteiger partial charge on any atom is -0.399 e. The molecule has 0 spiro atoms. The van der Waals surface area contributed by atoms with E-state index in [0.29, 0.717) is 11.6 Å². The Hall–Kier alpha value is -1.74. The lowest BCUT2D eigenvalue weighted by Crippen LogP contribution is -1.95. The molecule has 2 aromatic rings. The topological polar surface area (TPSA) is 52.0 Å². The van der Waals surface area contributed by atoms with Crippen LogP contribution in [0.25, 0.3) is 16.1 Å². The number of nitrogens with two attached hydrogens (primary N) is 2. The van der Waals surface area contributed by atoms with Crippen molar-refractivity contribution in [3.8, 4) is 10.4 Å². The molecule has 1 aromatic heterocycles. The minimum atomic E-state index is 0.520. The summed E-state index contributed by atoms with van der Waals surface area (Å²) in [6.07, 6.45) is 0. The van der Waals surface area contributed by atoms with Crippen LogP contribution in [0.3, 0.4) is 0 Å². The highest BCUT2D eigenvalue weighted by atomic mass is 32.1. The zero-order valence-electron chi connectivity index (χ0n) is 10.7. The summed E-state index contributed by atoms with van der Waals surface area (Å²) >= 11 is 1.55. The van der Waals surface area contributed by atoms with Gasteiger partial charge in [0.15, 0.2) is 0 Å². The van der Waals surface area contributed by atoms with Gasteiger partial charge in [-0.05, 0) is 23.1 Å². The predicted octanol–water partition coefficient (Wildman–Crippen LogP) is 4.05. The van der Waals surface area contributed by atoms with E-state index in [4.69, 9.17) is 11.5 Å². The van der Waals surface area contributed by atoms with Crippen LogP contribution >= 0.6 is 11.3 Å². The molecule has 18 heavy (non-hydrogen) atoms. The van der Waals surface area contributed by atoms with Gasteiger partial charge in [0.25, 0.3) is 0 Å². The van der Waals surface area contributed by atoms with Gasteiger partial charge in [0.2, 0.25) is 0 Å². The van der Waals surface area contributed by atoms with Crippen LogP contribution in [0.15, 0.2) is 36.9 Å². The van der Waals surface area contributed by atoms with Gasteiger partial charge in [-0.2, -0.15) is 0 Å². The standard InChI is InChI=1S/C15H18N2S/c1-9(2)11-5-4-6-12(7-11)14-8-13(10(3)16)15(17)18-14/h4-9H,3,16-17H2,1-2H3. The monoisotopic (exact) mass is 258 g/mol. The first-order chi connectivity index (χ1) is 8.49. The summed E-state index contributed by atoms with van der Waals surface area (Å²) in [6.45, 7) is 8.12. The van der Waals surface area contributed by atoms with E-state index in [1.54, 1.807) is 11.3 Å². The van der Waals surface area contributed by atoms with Crippen molar-refractivity contribution in [3.05, 3.63) is 48.0 Å². The smallest absolute Gasteiger partial charge is 0.0957 e. The Kier molecular flexibility index (Phi) is 3.43. The molecule has 1 heterocycles. The van der Waals surface area contributed by atoms with Gasteiger partial charge in [-0.1, -0.05) is 44.7 Å². The number of hydrogen-bond acceptors (Lipinski definition) is 3. The maximum Gasteiger partial charge on any atom is 0.0957 e. The Morgan fingerprint density at radius 2 is 2.00 bits per heavy atom. The van der Waals surface area contributed by atoms with Crippen molar-refractivity contribution >= 4 is 22.0 Å². The number of hydrogen-bond donors (Lipinski definition) is 2. The quantitative estimate of drug-likeness (QED) is 0.872. The van der Waals surface area contributed by atoms with Crippen LogP contribution in [0.2, 0.25) is 0 Å². The SMILES string of the molecule is C=C(N)c1cc(-c2cccc(C(C)C)c2)sc1N. The van der Waals surface area contributed by atoms with Crippen molar-refractivity contribution in [1.82, 2.24) is 0 Å². The predicted molar refractivity (Wildman–Crippen MR) is 81.5 cm³/mol. The minimum absolute atomic E-state index is 0.520. The van der Waals surface area contributed by atoms with E-state index in [2.05, 4.69) is 44.7 Å². The van der Waals surface area contributed by atoms with Gasteiger partial charge in [0, 0.05) is 16.1 Å². The summed E-state index contributed by atoms with van der Waals surface area (Å²) in [7, 11) is 0. The average molecular weight is 258 g/mol. The Bertz CT molecular complexity index is 582. The number of thiophene rings is 1. The molecule has 0 unspecified atom stereocenters. The fourth-order valence-electron chi connectivity index (χ4n) is 1.85. The van der Waals surface area contributed by atoms with Gasteiger partial charge in [0.1, 0.15) is 0 Å². The van der Waals surface area contributed by atoms with Crippen LogP contribution < -0.4 is 11.5 Å². The first-order valence-corrected chi connectivity index (χ1v) is 6.75. The van der Waals surface area contributed by atoms with Crippen LogP contribution in [0.1, 0.15) is 30.9 Å². The van der Waals surface area contributed by atoms with Gasteiger partial charge >= 0.3 is 0 Å². The third-order valence-electron chi connectivity index (χ3n) is 2.94. The lowest BCUT2D eigenvalue weighted by atomic mass is 10.0. The molecule has 0 radical (unpaired) electrons. The number of nitrogen functional groups attached to an aromatic ring is 1. The molecule has 94 valence electrons. The van der Waals surface area contributed by atoms with Crippen molar-refractivity contribution in [2.24, 2.45) is 5.73 Å². The summed E-state index contributed by atoms with van der Waals surface area (Å²) < 4.78 is 0. The third kappa shape index (κ3) is 2.41. The maximum absolute atomic E-state index is 5.96. The zero-order valence-corrected chi connectivity index (χ0v) is 11.6. The second-order valence-corrected chi connectivity index (χ2v) is 5.78. The molecular formula is C15H18N2S. The lowest BCUT2D eigenvalue weighted by Gasteiger charge is -2.06. The molecule has 2 nitrogen and oxygen atoms in total. The molecule has 2 rings (SSSR count). The molecule has 0 saturated heterocycles. The highest BCUT2D eigenvalue weighted by Crippen LogP contribution is 2.36. The third-order valence-corrected chi connectivity index (χ3v) is 3.96. The molecule has 0 aliphatic heterocycles. The van der Waals surface area contributed by atoms with E-state index in [1.165, 1.54) is 11.1 Å². The molecular weight excluding hydrogens is 240 g/mol. The van der Waals surface area contributed by atoms with E-state index in [0.717, 1.165) is 15.4 Å². The van der Waals surface area contributed by atoms with Crippen LogP contribution in [0.5, 0.6) is 0 Å². The largest absolute Gasteiger partial charge is 0.399 e. The lowest BCUT2D eigenvalue weighted by molar-refractivity contribution is 0.867.